The van der Waals surface area contributed by atoms with Crippen LogP contribution in [0.25, 0.3) is 0 Å². The molecule has 0 bridgehead atoms. The molecule has 0 spiro atoms. The number of benzene rings is 1. The van der Waals surface area contributed by atoms with Gasteiger partial charge in [-0.15, -0.1) is 0 Å². The quantitative estimate of drug-likeness (QED) is 0.846. The molecular weight excluding hydrogens is 289 g/mol. The van der Waals surface area contributed by atoms with Gasteiger partial charge >= 0.3 is 5.97 Å². The molecule has 0 radical (unpaired) electrons. The molecule has 1 aromatic carbocycles. The van der Waals surface area contributed by atoms with Crippen molar-refractivity contribution >= 4 is 11.9 Å². The summed E-state index contributed by atoms with van der Waals surface area (Å²) in [5.41, 5.74) is 0.922. The van der Waals surface area contributed by atoms with Gasteiger partial charge in [0.1, 0.15) is 11.9 Å². The van der Waals surface area contributed by atoms with Gasteiger partial charge in [0.25, 0.3) is 5.91 Å². The molecule has 0 aliphatic rings. The summed E-state index contributed by atoms with van der Waals surface area (Å²) in [7, 11) is 0. The van der Waals surface area contributed by atoms with Crippen molar-refractivity contribution in [3.63, 3.8) is 0 Å². The Morgan fingerprint density at radius 2 is 2.05 bits per heavy atom. The number of aliphatic carboxylic acids is 1. The number of carbonyl (C=O) groups is 2. The largest absolute Gasteiger partial charge is 0.480 e. The maximum absolute atomic E-state index is 12.9. The molecule has 2 aromatic rings. The van der Waals surface area contributed by atoms with Gasteiger partial charge in [-0.1, -0.05) is 12.1 Å². The van der Waals surface area contributed by atoms with Gasteiger partial charge in [-0.25, -0.2) is 9.18 Å². The van der Waals surface area contributed by atoms with Crippen LogP contribution in [0.4, 0.5) is 4.39 Å². The standard InChI is InChI=1S/C15H16FN3O3/c1-2-19-9-11(8-17-19)14(20)18-13(15(21)22)7-10-3-5-12(16)6-4-10/h3-6,8-9,13H,2,7H2,1H3,(H,18,20)(H,21,22)/t13-/m0/s1. The molecule has 6 nitrogen and oxygen atoms in total. The van der Waals surface area contributed by atoms with E-state index in [1.54, 1.807) is 10.9 Å². The van der Waals surface area contributed by atoms with Crippen LogP contribution in [0.1, 0.15) is 22.8 Å². The van der Waals surface area contributed by atoms with Crippen LogP contribution in [0.15, 0.2) is 36.7 Å². The monoisotopic (exact) mass is 305 g/mol. The maximum atomic E-state index is 12.9. The van der Waals surface area contributed by atoms with Crippen molar-refractivity contribution < 1.29 is 19.1 Å². The number of aryl methyl sites for hydroxylation is 1. The van der Waals surface area contributed by atoms with Crippen molar-refractivity contribution in [3.8, 4) is 0 Å². The second-order valence-electron chi connectivity index (χ2n) is 4.78. The third-order valence-corrected chi connectivity index (χ3v) is 3.18. The number of halogens is 1. The van der Waals surface area contributed by atoms with Gasteiger partial charge < -0.3 is 10.4 Å². The first kappa shape index (κ1) is 15.7. The summed E-state index contributed by atoms with van der Waals surface area (Å²) in [6.07, 6.45) is 3.01. The van der Waals surface area contributed by atoms with E-state index in [-0.39, 0.29) is 6.42 Å². The molecule has 22 heavy (non-hydrogen) atoms. The van der Waals surface area contributed by atoms with Crippen LogP contribution in [0.5, 0.6) is 0 Å². The average molecular weight is 305 g/mol. The fourth-order valence-electron chi connectivity index (χ4n) is 1.95. The zero-order valence-electron chi connectivity index (χ0n) is 12.0. The molecule has 0 fully saturated rings. The highest BCUT2D eigenvalue weighted by Crippen LogP contribution is 2.07. The fraction of sp³-hybridized carbons (Fsp3) is 0.267. The molecule has 116 valence electrons. The van der Waals surface area contributed by atoms with Crippen molar-refractivity contribution in [1.82, 2.24) is 15.1 Å². The predicted octanol–water partition coefficient (Wildman–Crippen LogP) is 1.47. The smallest absolute Gasteiger partial charge is 0.326 e. The van der Waals surface area contributed by atoms with E-state index < -0.39 is 23.7 Å². The Bertz CT molecular complexity index is 667. The summed E-state index contributed by atoms with van der Waals surface area (Å²) in [6, 6.07) is 4.39. The average Bonchev–Trinajstić information content (AvgIpc) is 2.97. The fourth-order valence-corrected chi connectivity index (χ4v) is 1.95. The van der Waals surface area contributed by atoms with Gasteiger partial charge in [-0.05, 0) is 24.6 Å². The molecule has 1 heterocycles. The van der Waals surface area contributed by atoms with E-state index in [0.29, 0.717) is 17.7 Å². The summed E-state index contributed by atoms with van der Waals surface area (Å²) < 4.78 is 14.4. The lowest BCUT2D eigenvalue weighted by Crippen LogP contribution is -2.42. The molecular formula is C15H16FN3O3. The van der Waals surface area contributed by atoms with Crippen molar-refractivity contribution in [1.29, 1.82) is 0 Å². The third kappa shape index (κ3) is 3.91. The summed E-state index contributed by atoms with van der Waals surface area (Å²) in [5.74, 6) is -2.05. The summed E-state index contributed by atoms with van der Waals surface area (Å²) in [6.45, 7) is 2.49. The Balaban J connectivity index is 2.06. The maximum Gasteiger partial charge on any atom is 0.326 e. The molecule has 0 aliphatic heterocycles. The van der Waals surface area contributed by atoms with E-state index in [0.717, 1.165) is 0 Å². The van der Waals surface area contributed by atoms with Gasteiger partial charge in [0.2, 0.25) is 0 Å². The van der Waals surface area contributed by atoms with Crippen LogP contribution < -0.4 is 5.32 Å². The van der Waals surface area contributed by atoms with Gasteiger partial charge in [0.15, 0.2) is 0 Å². The van der Waals surface area contributed by atoms with Crippen LogP contribution in [-0.4, -0.2) is 32.8 Å². The SMILES string of the molecule is CCn1cc(C(=O)N[C@@H](Cc2ccc(F)cc2)C(=O)O)cn1. The topological polar surface area (TPSA) is 84.2 Å². The first-order valence-corrected chi connectivity index (χ1v) is 6.80. The van der Waals surface area contributed by atoms with Crippen LogP contribution in [0.3, 0.4) is 0 Å². The lowest BCUT2D eigenvalue weighted by atomic mass is 10.1. The second-order valence-corrected chi connectivity index (χ2v) is 4.78. The molecule has 0 saturated carbocycles. The van der Waals surface area contributed by atoms with Gasteiger partial charge in [0, 0.05) is 19.2 Å². The zero-order valence-corrected chi connectivity index (χ0v) is 12.0. The normalized spacial score (nSPS) is 11.9. The number of hydrogen-bond acceptors (Lipinski definition) is 3. The minimum Gasteiger partial charge on any atom is -0.480 e. The molecule has 0 aliphatic carbocycles. The van der Waals surface area contributed by atoms with Gasteiger partial charge in [-0.3, -0.25) is 9.48 Å². The summed E-state index contributed by atoms with van der Waals surface area (Å²) in [5, 5.41) is 15.6. The minimum atomic E-state index is -1.15. The van der Waals surface area contributed by atoms with E-state index >= 15 is 0 Å². The number of nitrogens with zero attached hydrogens (tertiary/aromatic N) is 2. The highest BCUT2D eigenvalue weighted by atomic mass is 19.1. The first-order valence-electron chi connectivity index (χ1n) is 6.80. The number of carboxylic acids is 1. The van der Waals surface area contributed by atoms with E-state index in [9.17, 15) is 19.1 Å². The number of carbonyl (C=O) groups excluding carboxylic acids is 1. The lowest BCUT2D eigenvalue weighted by Gasteiger charge is -2.14. The zero-order chi connectivity index (χ0) is 16.1. The number of carboxylic acid groups (broad SMARTS) is 1. The summed E-state index contributed by atoms with van der Waals surface area (Å²) >= 11 is 0. The third-order valence-electron chi connectivity index (χ3n) is 3.18. The number of amides is 1. The van der Waals surface area contributed by atoms with Gasteiger partial charge in [0.05, 0.1) is 11.8 Å². The highest BCUT2D eigenvalue weighted by Gasteiger charge is 2.21. The Hall–Kier alpha value is -2.70. The molecule has 1 amide bonds. The van der Waals surface area contributed by atoms with Crippen molar-refractivity contribution in [2.24, 2.45) is 0 Å². The van der Waals surface area contributed by atoms with E-state index in [4.69, 9.17) is 0 Å². The molecule has 1 aromatic heterocycles. The Morgan fingerprint density at radius 1 is 1.36 bits per heavy atom. The van der Waals surface area contributed by atoms with Crippen molar-refractivity contribution in [2.75, 3.05) is 0 Å². The molecule has 0 saturated heterocycles. The first-order chi connectivity index (χ1) is 10.5. The molecule has 7 heteroatoms. The van der Waals surface area contributed by atoms with Crippen LogP contribution in [-0.2, 0) is 17.8 Å². The number of nitrogens with one attached hydrogen (secondary N) is 1. The minimum absolute atomic E-state index is 0.0727. The molecule has 2 N–H and O–H groups in total. The van der Waals surface area contributed by atoms with E-state index in [2.05, 4.69) is 10.4 Å². The molecule has 0 unspecified atom stereocenters. The van der Waals surface area contributed by atoms with Crippen LogP contribution in [0, 0.1) is 5.82 Å². The Labute approximate surface area is 126 Å². The Morgan fingerprint density at radius 3 is 2.59 bits per heavy atom. The van der Waals surface area contributed by atoms with Gasteiger partial charge in [-0.2, -0.15) is 5.10 Å². The summed E-state index contributed by atoms with van der Waals surface area (Å²) in [4.78, 5) is 23.3. The molecule has 1 atom stereocenters. The highest BCUT2D eigenvalue weighted by molar-refractivity contribution is 5.96. The van der Waals surface area contributed by atoms with Crippen LogP contribution in [0.2, 0.25) is 0 Å². The van der Waals surface area contributed by atoms with Crippen LogP contribution >= 0.6 is 0 Å². The predicted molar refractivity (Wildman–Crippen MR) is 76.9 cm³/mol. The lowest BCUT2D eigenvalue weighted by molar-refractivity contribution is -0.139. The van der Waals surface area contributed by atoms with Crippen molar-refractivity contribution in [3.05, 3.63) is 53.6 Å². The number of hydrogen-bond donors (Lipinski definition) is 2. The number of rotatable bonds is 6. The number of aromatic nitrogens is 2. The molecule has 2 rings (SSSR count). The van der Waals surface area contributed by atoms with Crippen molar-refractivity contribution in [2.45, 2.75) is 25.9 Å². The second kappa shape index (κ2) is 6.84. The van der Waals surface area contributed by atoms with E-state index in [1.807, 2.05) is 6.92 Å². The van der Waals surface area contributed by atoms with E-state index in [1.165, 1.54) is 30.5 Å². The Kier molecular flexibility index (Phi) is 4.88.